The van der Waals surface area contributed by atoms with Crippen LogP contribution in [0.3, 0.4) is 0 Å². The van der Waals surface area contributed by atoms with Gasteiger partial charge >= 0.3 is 0 Å². The van der Waals surface area contributed by atoms with Gasteiger partial charge in [0.05, 0.1) is 5.69 Å². The van der Waals surface area contributed by atoms with Gasteiger partial charge < -0.3 is 14.1 Å². The van der Waals surface area contributed by atoms with Gasteiger partial charge in [0.1, 0.15) is 17.2 Å². The van der Waals surface area contributed by atoms with Crippen molar-refractivity contribution in [2.45, 2.75) is 107 Å². The number of pyridine rings is 2. The minimum Gasteiger partial charge on any atom is -0.371 e. The first kappa shape index (κ1) is 32.3. The van der Waals surface area contributed by atoms with Crippen LogP contribution in [0.5, 0.6) is 0 Å². The molecule has 0 radical (unpaired) electrons. The Balaban J connectivity index is 0.000000290. The van der Waals surface area contributed by atoms with Gasteiger partial charge in [0.15, 0.2) is 0 Å². The molecule has 37 heavy (non-hydrogen) atoms. The summed E-state index contributed by atoms with van der Waals surface area (Å²) < 4.78 is 15.3. The maximum absolute atomic E-state index is 13.5. The number of nitrogens with zero attached hydrogens (tertiary/aromatic N) is 4. The Hall–Kier alpha value is -2.76. The predicted molar refractivity (Wildman–Crippen MR) is 155 cm³/mol. The molecular weight excluding hydrogens is 463 g/mol. The van der Waals surface area contributed by atoms with E-state index < -0.39 is 0 Å². The number of hydrogen-bond acceptors (Lipinski definition) is 4. The highest BCUT2D eigenvalue weighted by molar-refractivity contribution is 5.75. The minimum absolute atomic E-state index is 0.148. The highest BCUT2D eigenvalue weighted by Crippen LogP contribution is 2.26. The summed E-state index contributed by atoms with van der Waals surface area (Å²) in [5.74, 6) is 0.141. The van der Waals surface area contributed by atoms with Crippen LogP contribution in [-0.4, -0.2) is 33.2 Å². The number of anilines is 1. The molecule has 0 aromatic carbocycles. The zero-order chi connectivity index (χ0) is 27.8. The van der Waals surface area contributed by atoms with E-state index in [-0.39, 0.29) is 11.6 Å². The van der Waals surface area contributed by atoms with Crippen molar-refractivity contribution in [2.24, 2.45) is 0 Å². The van der Waals surface area contributed by atoms with Gasteiger partial charge in [0.25, 0.3) is 0 Å². The molecule has 6 heteroatoms. The van der Waals surface area contributed by atoms with E-state index in [1.807, 2.05) is 57.6 Å². The van der Waals surface area contributed by atoms with Crippen LogP contribution in [0.1, 0.15) is 103 Å². The number of Topliss-reactive ketones (excluding diaryl/α,β-unsaturated/α-hetero) is 1. The molecular formula is C31H49FN4O. The molecule has 3 aromatic heterocycles. The van der Waals surface area contributed by atoms with Crippen LogP contribution in [0.2, 0.25) is 0 Å². The van der Waals surface area contributed by atoms with E-state index in [4.69, 9.17) is 0 Å². The predicted octanol–water partition coefficient (Wildman–Crippen LogP) is 8.08. The van der Waals surface area contributed by atoms with Crippen molar-refractivity contribution in [2.75, 3.05) is 18.0 Å². The number of ketones is 1. The highest BCUT2D eigenvalue weighted by atomic mass is 19.1. The second-order valence-electron chi connectivity index (χ2n) is 9.33. The molecule has 5 nitrogen and oxygen atoms in total. The molecule has 0 amide bonds. The lowest BCUT2D eigenvalue weighted by Gasteiger charge is -2.22. The molecule has 4 rings (SSSR count). The van der Waals surface area contributed by atoms with Gasteiger partial charge in [-0.1, -0.05) is 47.5 Å². The summed E-state index contributed by atoms with van der Waals surface area (Å²) in [7, 11) is 0. The third-order valence-electron chi connectivity index (χ3n) is 6.05. The Kier molecular flexibility index (Phi) is 15.4. The molecule has 0 bridgehead atoms. The number of rotatable bonds is 7. The average Bonchev–Trinajstić information content (AvgIpc) is 3.52. The molecule has 4 heterocycles. The monoisotopic (exact) mass is 512 g/mol. The van der Waals surface area contributed by atoms with Gasteiger partial charge in [0, 0.05) is 61.1 Å². The Morgan fingerprint density at radius 2 is 1.65 bits per heavy atom. The summed E-state index contributed by atoms with van der Waals surface area (Å²) in [5, 5.41) is 0. The fourth-order valence-electron chi connectivity index (χ4n) is 4.38. The van der Waals surface area contributed by atoms with Crippen LogP contribution >= 0.6 is 0 Å². The molecule has 0 spiro atoms. The van der Waals surface area contributed by atoms with Crippen molar-refractivity contribution in [3.63, 3.8) is 0 Å². The third-order valence-corrected chi connectivity index (χ3v) is 6.05. The molecule has 3 aromatic rings. The van der Waals surface area contributed by atoms with Crippen molar-refractivity contribution >= 4 is 17.1 Å². The molecule has 0 unspecified atom stereocenters. The van der Waals surface area contributed by atoms with Crippen molar-refractivity contribution in [1.82, 2.24) is 14.4 Å². The SMILES string of the molecule is CC.CCCC(C)=O.CCCc1c(N2CCCC2)ccnc1C.CCCc1cn2cc(C)nc2cc1F. The van der Waals surface area contributed by atoms with Gasteiger partial charge in [-0.3, -0.25) is 4.98 Å². The summed E-state index contributed by atoms with van der Waals surface area (Å²) >= 11 is 0. The zero-order valence-electron chi connectivity index (χ0n) is 24.5. The minimum atomic E-state index is -0.148. The molecule has 1 fully saturated rings. The van der Waals surface area contributed by atoms with Crippen LogP contribution in [0, 0.1) is 19.7 Å². The first-order valence-corrected chi connectivity index (χ1v) is 14.1. The molecule has 1 aliphatic heterocycles. The second kappa shape index (κ2) is 17.7. The van der Waals surface area contributed by atoms with Crippen LogP contribution in [-0.2, 0) is 17.6 Å². The van der Waals surface area contributed by atoms with E-state index in [0.29, 0.717) is 5.65 Å². The number of imidazole rings is 1. The topological polar surface area (TPSA) is 50.5 Å². The molecule has 0 N–H and O–H groups in total. The normalized spacial score (nSPS) is 12.2. The largest absolute Gasteiger partial charge is 0.371 e. The maximum atomic E-state index is 13.5. The second-order valence-corrected chi connectivity index (χ2v) is 9.33. The Labute approximate surface area is 224 Å². The number of carbonyl (C=O) groups excluding carboxylic acids is 1. The molecule has 0 atom stereocenters. The molecule has 0 aliphatic carbocycles. The number of carbonyl (C=O) groups is 1. The first-order chi connectivity index (χ1) is 17.8. The molecule has 206 valence electrons. The van der Waals surface area contributed by atoms with Crippen LogP contribution in [0.15, 0.2) is 30.7 Å². The summed E-state index contributed by atoms with van der Waals surface area (Å²) in [6.45, 7) is 18.4. The summed E-state index contributed by atoms with van der Waals surface area (Å²) in [5.41, 5.74) is 6.46. The van der Waals surface area contributed by atoms with E-state index in [1.54, 1.807) is 6.92 Å². The fourth-order valence-corrected chi connectivity index (χ4v) is 4.38. The van der Waals surface area contributed by atoms with E-state index in [0.717, 1.165) is 43.4 Å². The number of hydrogen-bond donors (Lipinski definition) is 0. The number of fused-ring (bicyclic) bond motifs is 1. The van der Waals surface area contributed by atoms with E-state index in [9.17, 15) is 9.18 Å². The standard InChI is InChI=1S/C13H20N2.C11H13FN2.C5H10O.C2H6/c1-3-6-12-11(2)14-8-7-13(12)15-9-4-5-10-15;1-3-4-9-7-14-6-8(2)13-11(14)5-10(9)12;1-3-4-5(2)6;1-2/h7-8H,3-6,9-10H2,1-2H3;5-7H,3-4H2,1-2H3;3-4H2,1-2H3;1-2H3. The number of aryl methyl sites for hydroxylation is 3. The van der Waals surface area contributed by atoms with Crippen LogP contribution < -0.4 is 4.90 Å². The van der Waals surface area contributed by atoms with E-state index in [2.05, 4.69) is 34.8 Å². The fraction of sp³-hybridized carbons (Fsp3) is 0.581. The smallest absolute Gasteiger partial charge is 0.139 e. The van der Waals surface area contributed by atoms with Gasteiger partial charge in [-0.05, 0) is 64.5 Å². The van der Waals surface area contributed by atoms with Crippen molar-refractivity contribution < 1.29 is 9.18 Å². The Morgan fingerprint density at radius 3 is 2.19 bits per heavy atom. The van der Waals surface area contributed by atoms with Crippen molar-refractivity contribution in [3.8, 4) is 0 Å². The number of halogens is 1. The lowest BCUT2D eigenvalue weighted by Crippen LogP contribution is -2.20. The summed E-state index contributed by atoms with van der Waals surface area (Å²) in [6.07, 6.45) is 14.2. The van der Waals surface area contributed by atoms with Gasteiger partial charge in [-0.2, -0.15) is 0 Å². The van der Waals surface area contributed by atoms with Crippen LogP contribution in [0.25, 0.3) is 5.65 Å². The maximum Gasteiger partial charge on any atom is 0.139 e. The van der Waals surface area contributed by atoms with Gasteiger partial charge in [-0.15, -0.1) is 0 Å². The first-order valence-electron chi connectivity index (χ1n) is 14.1. The highest BCUT2D eigenvalue weighted by Gasteiger charge is 2.16. The van der Waals surface area contributed by atoms with Gasteiger partial charge in [0.2, 0.25) is 0 Å². The van der Waals surface area contributed by atoms with Crippen LogP contribution in [0.4, 0.5) is 10.1 Å². The number of aromatic nitrogens is 3. The van der Waals surface area contributed by atoms with Crippen molar-refractivity contribution in [1.29, 1.82) is 0 Å². The Bertz CT molecular complexity index is 1070. The quantitative estimate of drug-likeness (QED) is 0.321. The third kappa shape index (κ3) is 10.6. The van der Waals surface area contributed by atoms with Crippen molar-refractivity contribution in [3.05, 3.63) is 59.1 Å². The Morgan fingerprint density at radius 1 is 1.00 bits per heavy atom. The van der Waals surface area contributed by atoms with Gasteiger partial charge in [-0.25, -0.2) is 9.37 Å². The molecule has 1 saturated heterocycles. The molecule has 1 aliphatic rings. The molecule has 0 saturated carbocycles. The zero-order valence-corrected chi connectivity index (χ0v) is 24.5. The summed E-state index contributed by atoms with van der Waals surface area (Å²) in [6, 6.07) is 3.68. The van der Waals surface area contributed by atoms with E-state index in [1.165, 1.54) is 55.4 Å². The lowest BCUT2D eigenvalue weighted by molar-refractivity contribution is -0.117. The van der Waals surface area contributed by atoms with E-state index >= 15 is 0 Å². The average molecular weight is 513 g/mol. The lowest BCUT2D eigenvalue weighted by atomic mass is 10.1. The summed E-state index contributed by atoms with van der Waals surface area (Å²) in [4.78, 5) is 21.2.